The van der Waals surface area contributed by atoms with Crippen LogP contribution >= 0.6 is 0 Å². The minimum atomic E-state index is -0.0989. The number of carbonyl (C=O) groups excluding carboxylic acids is 2. The standard InChI is InChI=1S/C25H29N5O3/c1-33-23-8-6-22(7-9-23)29-12-3-13-30(17-16-29)25(32)20-4-2-5-21(18-20)27-24(31)10-14-28-15-11-26-19-28/h2,4-9,11,15,18-19H,3,10,12-14,16-17H2,1H3,(H,27,31). The number of nitrogens with one attached hydrogen (secondary N) is 1. The predicted octanol–water partition coefficient (Wildman–Crippen LogP) is 3.27. The Kier molecular flexibility index (Phi) is 7.24. The SMILES string of the molecule is COc1ccc(N2CCCN(C(=O)c3cccc(NC(=O)CCn4ccnc4)c3)CC2)cc1. The number of rotatable bonds is 7. The molecule has 0 atom stereocenters. The van der Waals surface area contributed by atoms with Crippen LogP contribution in [0.5, 0.6) is 5.75 Å². The van der Waals surface area contributed by atoms with Crippen molar-refractivity contribution in [3.63, 3.8) is 0 Å². The second-order valence-electron chi connectivity index (χ2n) is 8.01. The van der Waals surface area contributed by atoms with Crippen molar-refractivity contribution < 1.29 is 14.3 Å². The van der Waals surface area contributed by atoms with Gasteiger partial charge < -0.3 is 24.4 Å². The van der Waals surface area contributed by atoms with Crippen molar-refractivity contribution in [3.05, 3.63) is 72.8 Å². The van der Waals surface area contributed by atoms with Gasteiger partial charge in [-0.15, -0.1) is 0 Å². The first-order valence-corrected chi connectivity index (χ1v) is 11.2. The molecule has 1 aliphatic rings. The van der Waals surface area contributed by atoms with Gasteiger partial charge in [0.1, 0.15) is 5.75 Å². The van der Waals surface area contributed by atoms with Gasteiger partial charge in [-0.3, -0.25) is 9.59 Å². The molecule has 8 nitrogen and oxygen atoms in total. The molecule has 172 valence electrons. The predicted molar refractivity (Wildman–Crippen MR) is 128 cm³/mol. The van der Waals surface area contributed by atoms with Gasteiger partial charge in [0, 0.05) is 68.5 Å². The van der Waals surface area contributed by atoms with Crippen LogP contribution in [-0.4, -0.2) is 59.6 Å². The smallest absolute Gasteiger partial charge is 0.253 e. The Bertz CT molecular complexity index is 1070. The summed E-state index contributed by atoms with van der Waals surface area (Å²) in [5.74, 6) is 0.721. The van der Waals surface area contributed by atoms with Gasteiger partial charge in [0.05, 0.1) is 13.4 Å². The topological polar surface area (TPSA) is 79.7 Å². The maximum Gasteiger partial charge on any atom is 0.253 e. The minimum Gasteiger partial charge on any atom is -0.497 e. The molecule has 0 spiro atoms. The lowest BCUT2D eigenvalue weighted by molar-refractivity contribution is -0.116. The molecule has 2 aromatic carbocycles. The van der Waals surface area contributed by atoms with Crippen LogP contribution in [-0.2, 0) is 11.3 Å². The number of nitrogens with zero attached hydrogens (tertiary/aromatic N) is 4. The van der Waals surface area contributed by atoms with Crippen LogP contribution in [0, 0.1) is 0 Å². The Morgan fingerprint density at radius 2 is 1.91 bits per heavy atom. The third-order valence-electron chi connectivity index (χ3n) is 5.77. The molecule has 33 heavy (non-hydrogen) atoms. The third kappa shape index (κ3) is 5.91. The lowest BCUT2D eigenvalue weighted by Crippen LogP contribution is -2.35. The number of hydrogen-bond acceptors (Lipinski definition) is 5. The third-order valence-corrected chi connectivity index (χ3v) is 5.77. The average Bonchev–Trinajstić information content (AvgIpc) is 3.25. The molecule has 1 aliphatic heterocycles. The summed E-state index contributed by atoms with van der Waals surface area (Å²) >= 11 is 0. The van der Waals surface area contributed by atoms with E-state index in [1.54, 1.807) is 43.9 Å². The number of benzene rings is 2. The highest BCUT2D eigenvalue weighted by molar-refractivity contribution is 5.97. The van der Waals surface area contributed by atoms with Gasteiger partial charge >= 0.3 is 0 Å². The molecular weight excluding hydrogens is 418 g/mol. The lowest BCUT2D eigenvalue weighted by atomic mass is 10.1. The maximum atomic E-state index is 13.2. The molecule has 0 unspecified atom stereocenters. The van der Waals surface area contributed by atoms with Crippen LogP contribution in [0.1, 0.15) is 23.2 Å². The zero-order chi connectivity index (χ0) is 23.0. The number of aromatic nitrogens is 2. The molecule has 0 aliphatic carbocycles. The van der Waals surface area contributed by atoms with Crippen molar-refractivity contribution in [2.45, 2.75) is 19.4 Å². The van der Waals surface area contributed by atoms with E-state index in [-0.39, 0.29) is 11.8 Å². The van der Waals surface area contributed by atoms with Crippen molar-refractivity contribution in [2.24, 2.45) is 0 Å². The highest BCUT2D eigenvalue weighted by Gasteiger charge is 2.21. The Labute approximate surface area is 193 Å². The van der Waals surface area contributed by atoms with Gasteiger partial charge in [-0.1, -0.05) is 6.07 Å². The normalized spacial score (nSPS) is 14.0. The van der Waals surface area contributed by atoms with Crippen LogP contribution in [0.3, 0.4) is 0 Å². The van der Waals surface area contributed by atoms with Crippen LogP contribution in [0.15, 0.2) is 67.3 Å². The monoisotopic (exact) mass is 447 g/mol. The first-order valence-electron chi connectivity index (χ1n) is 11.2. The molecule has 1 saturated heterocycles. The molecule has 1 N–H and O–H groups in total. The number of aryl methyl sites for hydroxylation is 1. The molecule has 2 amide bonds. The van der Waals surface area contributed by atoms with Gasteiger partial charge in [-0.05, 0) is 48.9 Å². The van der Waals surface area contributed by atoms with Crippen LogP contribution in [0.2, 0.25) is 0 Å². The number of methoxy groups -OCH3 is 1. The fourth-order valence-corrected chi connectivity index (χ4v) is 3.96. The van der Waals surface area contributed by atoms with E-state index in [1.165, 1.54) is 0 Å². The zero-order valence-electron chi connectivity index (χ0n) is 18.8. The molecule has 0 saturated carbocycles. The number of anilines is 2. The Morgan fingerprint density at radius 3 is 2.67 bits per heavy atom. The quantitative estimate of drug-likeness (QED) is 0.601. The largest absolute Gasteiger partial charge is 0.497 e. The molecule has 2 heterocycles. The summed E-state index contributed by atoms with van der Waals surface area (Å²) in [5, 5.41) is 2.89. The number of carbonyl (C=O) groups is 2. The molecule has 3 aromatic rings. The molecular formula is C25H29N5O3. The number of amides is 2. The van der Waals surface area contributed by atoms with E-state index >= 15 is 0 Å². The number of ether oxygens (including phenoxy) is 1. The van der Waals surface area contributed by atoms with Crippen molar-refractivity contribution in [2.75, 3.05) is 43.5 Å². The fraction of sp³-hybridized carbons (Fsp3) is 0.320. The molecule has 1 aromatic heterocycles. The molecule has 1 fully saturated rings. The summed E-state index contributed by atoms with van der Waals surface area (Å²) in [7, 11) is 1.66. The zero-order valence-corrected chi connectivity index (χ0v) is 18.8. The summed E-state index contributed by atoms with van der Waals surface area (Å²) in [6.07, 6.45) is 6.42. The van der Waals surface area contributed by atoms with Crippen LogP contribution < -0.4 is 15.0 Å². The molecule has 4 rings (SSSR count). The van der Waals surface area contributed by atoms with Gasteiger partial charge in [-0.2, -0.15) is 0 Å². The van der Waals surface area contributed by atoms with Crippen LogP contribution in [0.25, 0.3) is 0 Å². The van der Waals surface area contributed by atoms with Gasteiger partial charge in [0.2, 0.25) is 5.91 Å². The summed E-state index contributed by atoms with van der Waals surface area (Å²) in [6.45, 7) is 3.56. The first kappa shape index (κ1) is 22.4. The maximum absolute atomic E-state index is 13.2. The Hall–Kier alpha value is -3.81. The minimum absolute atomic E-state index is 0.0129. The number of imidazole rings is 1. The van der Waals surface area contributed by atoms with Gasteiger partial charge in [0.25, 0.3) is 5.91 Å². The van der Waals surface area contributed by atoms with E-state index in [2.05, 4.69) is 27.3 Å². The van der Waals surface area contributed by atoms with Gasteiger partial charge in [0.15, 0.2) is 0 Å². The second kappa shape index (κ2) is 10.7. The van der Waals surface area contributed by atoms with Crippen LogP contribution in [0.4, 0.5) is 11.4 Å². The lowest BCUT2D eigenvalue weighted by Gasteiger charge is -2.24. The number of hydrogen-bond donors (Lipinski definition) is 1. The average molecular weight is 448 g/mol. The highest BCUT2D eigenvalue weighted by atomic mass is 16.5. The van der Waals surface area contributed by atoms with Crippen molar-refractivity contribution >= 4 is 23.2 Å². The second-order valence-corrected chi connectivity index (χ2v) is 8.01. The van der Waals surface area contributed by atoms with E-state index in [4.69, 9.17) is 4.74 Å². The molecule has 8 heteroatoms. The molecule has 0 bridgehead atoms. The fourth-order valence-electron chi connectivity index (χ4n) is 3.96. The van der Waals surface area contributed by atoms with Crippen molar-refractivity contribution in [1.29, 1.82) is 0 Å². The highest BCUT2D eigenvalue weighted by Crippen LogP contribution is 2.21. The first-order chi connectivity index (χ1) is 16.1. The van der Waals surface area contributed by atoms with E-state index in [1.807, 2.05) is 27.8 Å². The summed E-state index contributed by atoms with van der Waals surface area (Å²) in [6, 6.07) is 15.2. The Balaban J connectivity index is 1.34. The van der Waals surface area contributed by atoms with E-state index < -0.39 is 0 Å². The van der Waals surface area contributed by atoms with Crippen molar-refractivity contribution in [1.82, 2.24) is 14.5 Å². The van der Waals surface area contributed by atoms with E-state index in [9.17, 15) is 9.59 Å². The Morgan fingerprint density at radius 1 is 1.06 bits per heavy atom. The summed E-state index contributed by atoms with van der Waals surface area (Å²) < 4.78 is 7.10. The molecule has 0 radical (unpaired) electrons. The van der Waals surface area contributed by atoms with E-state index in [0.29, 0.717) is 37.3 Å². The van der Waals surface area contributed by atoms with Gasteiger partial charge in [-0.25, -0.2) is 4.98 Å². The van der Waals surface area contributed by atoms with Crippen molar-refractivity contribution in [3.8, 4) is 5.75 Å². The van der Waals surface area contributed by atoms with E-state index in [0.717, 1.165) is 30.9 Å². The summed E-state index contributed by atoms with van der Waals surface area (Å²) in [4.78, 5) is 33.6. The summed E-state index contributed by atoms with van der Waals surface area (Å²) in [5.41, 5.74) is 2.34.